The fraction of sp³-hybridized carbons (Fsp3) is 0.214. The first-order valence-corrected chi connectivity index (χ1v) is 6.00. The standard InChI is InChI=1S/C14H11F5N2/c15-13(16)10-3-1-2-9(6-10)7-20-11-4-5-12(21-8-11)14(17,18)19/h1-6,8,13,20H,7H2. The third kappa shape index (κ3) is 4.14. The van der Waals surface area contributed by atoms with Crippen molar-refractivity contribution in [3.05, 3.63) is 59.4 Å². The summed E-state index contributed by atoms with van der Waals surface area (Å²) in [4.78, 5) is 3.30. The molecule has 0 radical (unpaired) electrons. The number of hydrogen-bond acceptors (Lipinski definition) is 2. The van der Waals surface area contributed by atoms with Gasteiger partial charge in [0, 0.05) is 12.1 Å². The number of benzene rings is 1. The van der Waals surface area contributed by atoms with Crippen LogP contribution >= 0.6 is 0 Å². The lowest BCUT2D eigenvalue weighted by molar-refractivity contribution is -0.141. The van der Waals surface area contributed by atoms with Crippen molar-refractivity contribution >= 4 is 5.69 Å². The third-order valence-corrected chi connectivity index (χ3v) is 2.75. The Morgan fingerprint density at radius 1 is 1.10 bits per heavy atom. The van der Waals surface area contributed by atoms with Crippen molar-refractivity contribution in [1.82, 2.24) is 4.98 Å². The van der Waals surface area contributed by atoms with Gasteiger partial charge in [0.2, 0.25) is 0 Å². The molecule has 7 heteroatoms. The molecule has 2 rings (SSSR count). The molecule has 2 nitrogen and oxygen atoms in total. The molecule has 0 fully saturated rings. The number of nitrogens with zero attached hydrogens (tertiary/aromatic N) is 1. The lowest BCUT2D eigenvalue weighted by atomic mass is 10.1. The van der Waals surface area contributed by atoms with E-state index in [0.717, 1.165) is 12.3 Å². The van der Waals surface area contributed by atoms with Gasteiger partial charge in [-0.25, -0.2) is 13.8 Å². The highest BCUT2D eigenvalue weighted by Gasteiger charge is 2.31. The van der Waals surface area contributed by atoms with Gasteiger partial charge in [0.1, 0.15) is 5.69 Å². The summed E-state index contributed by atoms with van der Waals surface area (Å²) in [5, 5.41) is 2.83. The first-order chi connectivity index (χ1) is 9.86. The zero-order valence-electron chi connectivity index (χ0n) is 10.7. The van der Waals surface area contributed by atoms with E-state index in [2.05, 4.69) is 10.3 Å². The number of pyridine rings is 1. The van der Waals surface area contributed by atoms with Crippen molar-refractivity contribution in [2.24, 2.45) is 0 Å². The minimum absolute atomic E-state index is 0.0974. The molecule has 1 heterocycles. The molecule has 1 aromatic heterocycles. The van der Waals surface area contributed by atoms with E-state index in [1.54, 1.807) is 6.07 Å². The van der Waals surface area contributed by atoms with Crippen molar-refractivity contribution in [1.29, 1.82) is 0 Å². The SMILES string of the molecule is FC(F)c1cccc(CNc2ccc(C(F)(F)F)nc2)c1. The van der Waals surface area contributed by atoms with Crippen LogP contribution in [-0.2, 0) is 12.7 Å². The lowest BCUT2D eigenvalue weighted by Gasteiger charge is -2.09. The van der Waals surface area contributed by atoms with E-state index in [1.807, 2.05) is 0 Å². The lowest BCUT2D eigenvalue weighted by Crippen LogP contribution is -2.08. The Hall–Kier alpha value is -2.18. The van der Waals surface area contributed by atoms with E-state index in [0.29, 0.717) is 11.3 Å². The van der Waals surface area contributed by atoms with Crippen molar-refractivity contribution < 1.29 is 22.0 Å². The van der Waals surface area contributed by atoms with Gasteiger partial charge in [0.05, 0.1) is 11.9 Å². The number of nitrogens with one attached hydrogen (secondary N) is 1. The molecule has 0 bridgehead atoms. The van der Waals surface area contributed by atoms with Crippen LogP contribution in [0.5, 0.6) is 0 Å². The van der Waals surface area contributed by atoms with Crippen LogP contribution in [0, 0.1) is 0 Å². The zero-order chi connectivity index (χ0) is 15.5. The maximum Gasteiger partial charge on any atom is 0.433 e. The fourth-order valence-corrected chi connectivity index (χ4v) is 1.71. The van der Waals surface area contributed by atoms with Gasteiger partial charge in [-0.2, -0.15) is 13.2 Å². The molecule has 0 saturated heterocycles. The molecule has 0 amide bonds. The summed E-state index contributed by atoms with van der Waals surface area (Å²) < 4.78 is 62.1. The monoisotopic (exact) mass is 302 g/mol. The summed E-state index contributed by atoms with van der Waals surface area (Å²) in [7, 11) is 0. The van der Waals surface area contributed by atoms with Crippen LogP contribution in [0.3, 0.4) is 0 Å². The Balaban J connectivity index is 2.01. The molecule has 0 aliphatic heterocycles. The second kappa shape index (κ2) is 6.07. The molecule has 0 atom stereocenters. The third-order valence-electron chi connectivity index (χ3n) is 2.75. The number of alkyl halides is 5. The number of hydrogen-bond donors (Lipinski definition) is 1. The van der Waals surface area contributed by atoms with Crippen LogP contribution in [0.2, 0.25) is 0 Å². The van der Waals surface area contributed by atoms with Gasteiger partial charge in [-0.05, 0) is 23.8 Å². The minimum Gasteiger partial charge on any atom is -0.380 e. The summed E-state index contributed by atoms with van der Waals surface area (Å²) in [6, 6.07) is 7.91. The predicted molar refractivity (Wildman–Crippen MR) is 68.0 cm³/mol. The van der Waals surface area contributed by atoms with Gasteiger partial charge < -0.3 is 5.32 Å². The number of anilines is 1. The molecule has 0 unspecified atom stereocenters. The predicted octanol–water partition coefficient (Wildman–Crippen LogP) is 4.65. The Kier molecular flexibility index (Phi) is 4.40. The first kappa shape index (κ1) is 15.2. The zero-order valence-corrected chi connectivity index (χ0v) is 10.7. The minimum atomic E-state index is -4.48. The van der Waals surface area contributed by atoms with E-state index in [9.17, 15) is 22.0 Å². The topological polar surface area (TPSA) is 24.9 Å². The molecule has 0 aliphatic rings. The van der Waals surface area contributed by atoms with Gasteiger partial charge in [-0.3, -0.25) is 0 Å². The van der Waals surface area contributed by atoms with Gasteiger partial charge in [-0.15, -0.1) is 0 Å². The fourth-order valence-electron chi connectivity index (χ4n) is 1.71. The van der Waals surface area contributed by atoms with Gasteiger partial charge >= 0.3 is 6.18 Å². The molecule has 112 valence electrons. The second-order valence-electron chi connectivity index (χ2n) is 4.33. The van der Waals surface area contributed by atoms with Gasteiger partial charge in [0.25, 0.3) is 6.43 Å². The summed E-state index contributed by atoms with van der Waals surface area (Å²) in [6.45, 7) is 0.216. The smallest absolute Gasteiger partial charge is 0.380 e. The van der Waals surface area contributed by atoms with E-state index in [4.69, 9.17) is 0 Å². The number of aromatic nitrogens is 1. The van der Waals surface area contributed by atoms with Gasteiger partial charge in [0.15, 0.2) is 0 Å². The molecule has 1 N–H and O–H groups in total. The number of rotatable bonds is 4. The highest BCUT2D eigenvalue weighted by Crippen LogP contribution is 2.28. The molecular formula is C14H11F5N2. The van der Waals surface area contributed by atoms with Crippen LogP contribution in [0.25, 0.3) is 0 Å². The molecule has 2 aromatic rings. The van der Waals surface area contributed by atoms with Crippen LogP contribution in [-0.4, -0.2) is 4.98 Å². The summed E-state index contributed by atoms with van der Waals surface area (Å²) in [5.74, 6) is 0. The van der Waals surface area contributed by atoms with E-state index in [1.165, 1.54) is 24.3 Å². The molecule has 1 aromatic carbocycles. The van der Waals surface area contributed by atoms with Crippen molar-refractivity contribution in [2.45, 2.75) is 19.1 Å². The maximum atomic E-state index is 12.5. The Morgan fingerprint density at radius 2 is 1.86 bits per heavy atom. The Labute approximate surface area is 117 Å². The molecule has 0 aliphatic carbocycles. The summed E-state index contributed by atoms with van der Waals surface area (Å²) in [5.41, 5.74) is -0.0919. The maximum absolute atomic E-state index is 12.5. The van der Waals surface area contributed by atoms with Crippen LogP contribution in [0.1, 0.15) is 23.2 Å². The Bertz CT molecular complexity index is 593. The van der Waals surface area contributed by atoms with Crippen molar-refractivity contribution in [2.75, 3.05) is 5.32 Å². The quantitative estimate of drug-likeness (QED) is 0.832. The van der Waals surface area contributed by atoms with Crippen molar-refractivity contribution in [3.8, 4) is 0 Å². The first-order valence-electron chi connectivity index (χ1n) is 6.00. The largest absolute Gasteiger partial charge is 0.433 e. The molecule has 0 saturated carbocycles. The number of halogens is 5. The van der Waals surface area contributed by atoms with Crippen molar-refractivity contribution in [3.63, 3.8) is 0 Å². The highest BCUT2D eigenvalue weighted by molar-refractivity contribution is 5.42. The van der Waals surface area contributed by atoms with Crippen LogP contribution < -0.4 is 5.32 Å². The van der Waals surface area contributed by atoms with Crippen LogP contribution in [0.4, 0.5) is 27.6 Å². The normalized spacial score (nSPS) is 11.7. The summed E-state index contributed by atoms with van der Waals surface area (Å²) >= 11 is 0. The summed E-state index contributed by atoms with van der Waals surface area (Å²) in [6.07, 6.45) is -5.98. The molecule has 21 heavy (non-hydrogen) atoms. The molecular weight excluding hydrogens is 291 g/mol. The highest BCUT2D eigenvalue weighted by atomic mass is 19.4. The van der Waals surface area contributed by atoms with Gasteiger partial charge in [-0.1, -0.05) is 18.2 Å². The van der Waals surface area contributed by atoms with E-state index in [-0.39, 0.29) is 12.1 Å². The van der Waals surface area contributed by atoms with E-state index >= 15 is 0 Å². The second-order valence-corrected chi connectivity index (χ2v) is 4.33. The van der Waals surface area contributed by atoms with Crippen LogP contribution in [0.15, 0.2) is 42.6 Å². The molecule has 0 spiro atoms. The average molecular weight is 302 g/mol. The average Bonchev–Trinajstić information content (AvgIpc) is 2.45. The Morgan fingerprint density at radius 3 is 2.43 bits per heavy atom. The van der Waals surface area contributed by atoms with E-state index < -0.39 is 18.3 Å².